The van der Waals surface area contributed by atoms with Gasteiger partial charge in [-0.25, -0.2) is 4.79 Å². The normalized spacial score (nSPS) is 11.3. The van der Waals surface area contributed by atoms with Crippen molar-refractivity contribution in [2.45, 2.75) is 13.0 Å². The first-order valence-corrected chi connectivity index (χ1v) is 6.71. The molecule has 0 spiro atoms. The molecule has 7 heteroatoms. The van der Waals surface area contributed by atoms with Crippen LogP contribution in [0.15, 0.2) is 48.5 Å². The zero-order chi connectivity index (χ0) is 17.0. The molecule has 0 heterocycles. The minimum atomic E-state index is -1.33. The third-order valence-corrected chi connectivity index (χ3v) is 3.44. The summed E-state index contributed by atoms with van der Waals surface area (Å²) >= 11 is 0. The van der Waals surface area contributed by atoms with E-state index in [1.54, 1.807) is 37.3 Å². The van der Waals surface area contributed by atoms with Crippen LogP contribution in [0.3, 0.4) is 0 Å². The fourth-order valence-corrected chi connectivity index (χ4v) is 2.30. The van der Waals surface area contributed by atoms with Crippen molar-refractivity contribution < 1.29 is 14.8 Å². The van der Waals surface area contributed by atoms with Crippen LogP contribution < -0.4 is 4.90 Å². The van der Waals surface area contributed by atoms with Gasteiger partial charge in [0.15, 0.2) is 0 Å². The van der Waals surface area contributed by atoms with E-state index in [0.717, 1.165) is 11.0 Å². The highest BCUT2D eigenvalue weighted by Gasteiger charge is 2.29. The molecule has 0 unspecified atom stereocenters. The first kappa shape index (κ1) is 16.0. The largest absolute Gasteiger partial charge is 0.465 e. The van der Waals surface area contributed by atoms with Crippen LogP contribution in [-0.4, -0.2) is 16.1 Å². The molecule has 2 aromatic carbocycles. The lowest BCUT2D eigenvalue weighted by Crippen LogP contribution is -2.32. The van der Waals surface area contributed by atoms with Crippen molar-refractivity contribution in [3.63, 3.8) is 0 Å². The minimum absolute atomic E-state index is 0.127. The van der Waals surface area contributed by atoms with Crippen LogP contribution >= 0.6 is 0 Å². The van der Waals surface area contributed by atoms with Gasteiger partial charge in [0.05, 0.1) is 22.6 Å². The highest BCUT2D eigenvalue weighted by molar-refractivity contribution is 5.90. The number of hydrogen-bond acceptors (Lipinski definition) is 4. The highest BCUT2D eigenvalue weighted by atomic mass is 16.6. The topological polar surface area (TPSA) is 107 Å². The molecule has 1 atom stereocenters. The second kappa shape index (κ2) is 6.58. The van der Waals surface area contributed by atoms with Gasteiger partial charge in [-0.3, -0.25) is 15.0 Å². The van der Waals surface area contributed by atoms with Gasteiger partial charge in [-0.1, -0.05) is 30.3 Å². The van der Waals surface area contributed by atoms with Crippen LogP contribution in [0, 0.1) is 21.4 Å². The zero-order valence-corrected chi connectivity index (χ0v) is 12.2. The van der Waals surface area contributed by atoms with Crippen molar-refractivity contribution in [1.82, 2.24) is 0 Å². The van der Waals surface area contributed by atoms with Crippen molar-refractivity contribution in [3.8, 4) is 6.07 Å². The van der Waals surface area contributed by atoms with Gasteiger partial charge in [0.2, 0.25) is 0 Å². The molecule has 1 N–H and O–H groups in total. The number of amides is 1. The van der Waals surface area contributed by atoms with E-state index in [1.165, 1.54) is 12.1 Å². The Morgan fingerprint density at radius 1 is 1.30 bits per heavy atom. The predicted molar refractivity (Wildman–Crippen MR) is 83.2 cm³/mol. The van der Waals surface area contributed by atoms with Crippen LogP contribution in [0.4, 0.5) is 16.2 Å². The molecule has 0 saturated heterocycles. The van der Waals surface area contributed by atoms with Crippen LogP contribution in [0.25, 0.3) is 0 Å². The van der Waals surface area contributed by atoms with E-state index in [1.807, 2.05) is 6.07 Å². The van der Waals surface area contributed by atoms with Gasteiger partial charge < -0.3 is 5.11 Å². The minimum Gasteiger partial charge on any atom is -0.465 e. The van der Waals surface area contributed by atoms with Gasteiger partial charge in [0, 0.05) is 6.07 Å². The SMILES string of the molecule is C[C@H](c1ccccc1)N(C(=O)O)c1cc(C#N)ccc1[N+](=O)[O-]. The Bertz CT molecular complexity index is 784. The Morgan fingerprint density at radius 3 is 2.48 bits per heavy atom. The van der Waals surface area contributed by atoms with E-state index >= 15 is 0 Å². The van der Waals surface area contributed by atoms with Gasteiger partial charge in [0.25, 0.3) is 5.69 Å². The smallest absolute Gasteiger partial charge is 0.412 e. The molecule has 2 aromatic rings. The fraction of sp³-hybridized carbons (Fsp3) is 0.125. The monoisotopic (exact) mass is 311 g/mol. The molecule has 116 valence electrons. The summed E-state index contributed by atoms with van der Waals surface area (Å²) in [5.41, 5.74) is 0.343. The Balaban J connectivity index is 2.60. The number of nitro groups is 1. The lowest BCUT2D eigenvalue weighted by atomic mass is 10.1. The predicted octanol–water partition coefficient (Wildman–Crippen LogP) is 3.71. The molecule has 0 aliphatic heterocycles. The molecule has 1 amide bonds. The van der Waals surface area contributed by atoms with E-state index in [9.17, 15) is 20.0 Å². The van der Waals surface area contributed by atoms with Gasteiger partial charge >= 0.3 is 6.09 Å². The molecule has 0 aliphatic rings. The van der Waals surface area contributed by atoms with E-state index < -0.39 is 17.1 Å². The second-order valence-electron chi connectivity index (χ2n) is 4.81. The summed E-state index contributed by atoms with van der Waals surface area (Å²) in [4.78, 5) is 23.2. The van der Waals surface area contributed by atoms with Crippen LogP contribution in [0.1, 0.15) is 24.1 Å². The maximum absolute atomic E-state index is 11.7. The standard InChI is InChI=1S/C16H13N3O4/c1-11(13-5-3-2-4-6-13)18(16(20)21)15-9-12(10-17)7-8-14(15)19(22)23/h2-9,11H,1H3,(H,20,21)/t11-/m1/s1. The molecule has 7 nitrogen and oxygen atoms in total. The third-order valence-electron chi connectivity index (χ3n) is 3.44. The number of nitrogens with zero attached hydrogens (tertiary/aromatic N) is 3. The van der Waals surface area contributed by atoms with Gasteiger partial charge in [-0.2, -0.15) is 5.26 Å². The fourth-order valence-electron chi connectivity index (χ4n) is 2.30. The van der Waals surface area contributed by atoms with Gasteiger partial charge in [-0.15, -0.1) is 0 Å². The first-order valence-electron chi connectivity index (χ1n) is 6.71. The highest BCUT2D eigenvalue weighted by Crippen LogP contribution is 2.35. The van der Waals surface area contributed by atoms with E-state index in [2.05, 4.69) is 0 Å². The van der Waals surface area contributed by atoms with Gasteiger partial charge in [0.1, 0.15) is 5.69 Å². The second-order valence-corrected chi connectivity index (χ2v) is 4.81. The Morgan fingerprint density at radius 2 is 1.96 bits per heavy atom. The number of rotatable bonds is 4. The van der Waals surface area contributed by atoms with Crippen molar-refractivity contribution in [2.24, 2.45) is 0 Å². The summed E-state index contributed by atoms with van der Waals surface area (Å²) in [6.45, 7) is 1.63. The van der Waals surface area contributed by atoms with E-state index in [-0.39, 0.29) is 16.9 Å². The summed E-state index contributed by atoms with van der Waals surface area (Å²) in [7, 11) is 0. The summed E-state index contributed by atoms with van der Waals surface area (Å²) in [5, 5.41) is 29.7. The number of benzene rings is 2. The van der Waals surface area contributed by atoms with Crippen molar-refractivity contribution in [1.29, 1.82) is 5.26 Å². The number of carboxylic acid groups (broad SMARTS) is 1. The number of hydrogen-bond donors (Lipinski definition) is 1. The maximum atomic E-state index is 11.7. The summed E-state index contributed by atoms with van der Waals surface area (Å²) in [5.74, 6) is 0. The third kappa shape index (κ3) is 3.27. The molecule has 2 rings (SSSR count). The van der Waals surface area contributed by atoms with Crippen LogP contribution in [0.2, 0.25) is 0 Å². The first-order chi connectivity index (χ1) is 11.0. The molecule has 23 heavy (non-hydrogen) atoms. The Labute approximate surface area is 132 Å². The average Bonchev–Trinajstić information content (AvgIpc) is 2.55. The quantitative estimate of drug-likeness (QED) is 0.684. The lowest BCUT2D eigenvalue weighted by molar-refractivity contribution is -0.384. The van der Waals surface area contributed by atoms with Crippen LogP contribution in [-0.2, 0) is 0 Å². The number of nitriles is 1. The summed E-state index contributed by atoms with van der Waals surface area (Å²) in [6, 6.07) is 13.6. The van der Waals surface area contributed by atoms with Crippen molar-refractivity contribution >= 4 is 17.5 Å². The summed E-state index contributed by atoms with van der Waals surface area (Å²) in [6.07, 6.45) is -1.33. The molecular formula is C16H13N3O4. The Kier molecular flexibility index (Phi) is 4.57. The van der Waals surface area contributed by atoms with E-state index in [0.29, 0.717) is 5.56 Å². The van der Waals surface area contributed by atoms with E-state index in [4.69, 9.17) is 5.26 Å². The van der Waals surface area contributed by atoms with Gasteiger partial charge in [-0.05, 0) is 24.6 Å². The molecule has 0 aliphatic carbocycles. The Hall–Kier alpha value is -3.40. The molecular weight excluding hydrogens is 298 g/mol. The van der Waals surface area contributed by atoms with Crippen LogP contribution in [0.5, 0.6) is 0 Å². The molecule has 0 fully saturated rings. The molecule has 0 radical (unpaired) electrons. The molecule has 0 aromatic heterocycles. The molecule has 0 bridgehead atoms. The average molecular weight is 311 g/mol. The van der Waals surface area contributed by atoms with Crippen molar-refractivity contribution in [3.05, 3.63) is 69.8 Å². The molecule has 0 saturated carbocycles. The zero-order valence-electron chi connectivity index (χ0n) is 12.2. The summed E-state index contributed by atoms with van der Waals surface area (Å²) < 4.78 is 0. The number of nitro benzene ring substituents is 1. The number of carbonyl (C=O) groups is 1. The lowest BCUT2D eigenvalue weighted by Gasteiger charge is -2.26. The van der Waals surface area contributed by atoms with Crippen molar-refractivity contribution in [2.75, 3.05) is 4.90 Å². The maximum Gasteiger partial charge on any atom is 0.412 e. The number of anilines is 1.